The van der Waals surface area contributed by atoms with Crippen LogP contribution in [0.25, 0.3) is 0 Å². The van der Waals surface area contributed by atoms with Crippen molar-refractivity contribution in [1.29, 1.82) is 0 Å². The summed E-state index contributed by atoms with van der Waals surface area (Å²) in [5, 5.41) is 5.80. The van der Waals surface area contributed by atoms with Crippen molar-refractivity contribution in [3.05, 3.63) is 28.5 Å². The average Bonchev–Trinajstić information content (AvgIpc) is 2.68. The molecule has 0 bridgehead atoms. The van der Waals surface area contributed by atoms with Crippen molar-refractivity contribution >= 4 is 27.8 Å². The summed E-state index contributed by atoms with van der Waals surface area (Å²) in [4.78, 5) is 20.2. The lowest BCUT2D eigenvalue weighted by atomic mass is 10.1. The van der Waals surface area contributed by atoms with Gasteiger partial charge in [-0.15, -0.1) is 0 Å². The van der Waals surface area contributed by atoms with Gasteiger partial charge in [-0.05, 0) is 27.9 Å². The molecule has 1 saturated heterocycles. The molecule has 1 aliphatic heterocycles. The highest BCUT2D eigenvalue weighted by Gasteiger charge is 2.29. The second-order valence-corrected chi connectivity index (χ2v) is 5.50. The molecule has 0 spiro atoms. The summed E-state index contributed by atoms with van der Waals surface area (Å²) in [6.07, 6.45) is 3.36. The number of nitrogens with one attached hydrogen (secondary N) is 2. The Bertz CT molecular complexity index is 487. The number of amides is 1. The Morgan fingerprint density at radius 3 is 2.94 bits per heavy atom. The summed E-state index contributed by atoms with van der Waals surface area (Å²) in [5.41, 5.74) is 0.816. The second-order valence-electron chi connectivity index (χ2n) is 4.59. The third-order valence-electron chi connectivity index (χ3n) is 2.46. The minimum atomic E-state index is -0.416. The maximum absolute atomic E-state index is 11.8. The molecule has 0 aromatic carbocycles. The molecule has 6 heteroatoms. The smallest absolute Gasteiger partial charge is 0.253 e. The zero-order valence-electron chi connectivity index (χ0n) is 10.3. The summed E-state index contributed by atoms with van der Waals surface area (Å²) in [7, 11) is 0. The highest BCUT2D eigenvalue weighted by Crippen LogP contribution is 2.19. The van der Waals surface area contributed by atoms with Gasteiger partial charge in [0.05, 0.1) is 0 Å². The van der Waals surface area contributed by atoms with E-state index in [2.05, 4.69) is 50.4 Å². The second kappa shape index (κ2) is 5.48. The summed E-state index contributed by atoms with van der Waals surface area (Å²) in [6, 6.07) is 1.45. The Labute approximate surface area is 114 Å². The number of guanidine groups is 1. The van der Waals surface area contributed by atoms with E-state index < -0.39 is 6.04 Å². The highest BCUT2D eigenvalue weighted by molar-refractivity contribution is 9.10. The van der Waals surface area contributed by atoms with Crippen LogP contribution in [0.2, 0.25) is 0 Å². The molecule has 5 nitrogen and oxygen atoms in total. The minimum Gasteiger partial charge on any atom is -0.340 e. The molecule has 1 aromatic heterocycles. The van der Waals surface area contributed by atoms with Crippen molar-refractivity contribution in [2.75, 3.05) is 6.54 Å². The third kappa shape index (κ3) is 3.07. The molecule has 0 radical (unpaired) electrons. The number of aliphatic imine (C=N–C) groups is 1. The van der Waals surface area contributed by atoms with E-state index in [9.17, 15) is 4.79 Å². The zero-order valence-corrected chi connectivity index (χ0v) is 11.9. The van der Waals surface area contributed by atoms with E-state index in [4.69, 9.17) is 0 Å². The number of nitrogens with zero attached hydrogens (tertiary/aromatic N) is 2. The van der Waals surface area contributed by atoms with Crippen LogP contribution < -0.4 is 10.6 Å². The fourth-order valence-electron chi connectivity index (χ4n) is 1.61. The predicted molar refractivity (Wildman–Crippen MR) is 73.1 cm³/mol. The third-order valence-corrected chi connectivity index (χ3v) is 2.89. The lowest BCUT2D eigenvalue weighted by molar-refractivity contribution is -0.120. The molecule has 2 N–H and O–H groups in total. The van der Waals surface area contributed by atoms with Crippen molar-refractivity contribution in [1.82, 2.24) is 15.6 Å². The summed E-state index contributed by atoms with van der Waals surface area (Å²) >= 11 is 3.34. The van der Waals surface area contributed by atoms with Gasteiger partial charge < -0.3 is 5.32 Å². The zero-order chi connectivity index (χ0) is 13.1. The summed E-state index contributed by atoms with van der Waals surface area (Å²) < 4.78 is 0.849. The van der Waals surface area contributed by atoms with Crippen molar-refractivity contribution < 1.29 is 4.79 Å². The monoisotopic (exact) mass is 310 g/mol. The first-order chi connectivity index (χ1) is 8.56. The molecule has 1 atom stereocenters. The minimum absolute atomic E-state index is 0.0996. The van der Waals surface area contributed by atoms with Gasteiger partial charge in [0.2, 0.25) is 0 Å². The van der Waals surface area contributed by atoms with Crippen LogP contribution in [-0.2, 0) is 4.79 Å². The van der Waals surface area contributed by atoms with Crippen LogP contribution in [0.4, 0.5) is 0 Å². The Morgan fingerprint density at radius 1 is 1.50 bits per heavy atom. The van der Waals surface area contributed by atoms with Crippen molar-refractivity contribution in [2.24, 2.45) is 10.9 Å². The Morgan fingerprint density at radius 2 is 2.28 bits per heavy atom. The van der Waals surface area contributed by atoms with Crippen LogP contribution in [-0.4, -0.2) is 23.4 Å². The van der Waals surface area contributed by atoms with Crippen LogP contribution in [0.1, 0.15) is 25.5 Å². The van der Waals surface area contributed by atoms with Crippen LogP contribution >= 0.6 is 15.9 Å². The van der Waals surface area contributed by atoms with E-state index in [1.54, 1.807) is 12.4 Å². The quantitative estimate of drug-likeness (QED) is 0.891. The van der Waals surface area contributed by atoms with Crippen LogP contribution in [0, 0.1) is 5.92 Å². The Kier molecular flexibility index (Phi) is 3.96. The van der Waals surface area contributed by atoms with Crippen LogP contribution in [0.3, 0.4) is 0 Å². The van der Waals surface area contributed by atoms with E-state index in [1.807, 2.05) is 6.07 Å². The van der Waals surface area contributed by atoms with Gasteiger partial charge in [0.1, 0.15) is 6.04 Å². The first-order valence-electron chi connectivity index (χ1n) is 5.78. The molecule has 1 amide bonds. The number of carbonyl (C=O) groups is 1. The van der Waals surface area contributed by atoms with Gasteiger partial charge in [0.25, 0.3) is 5.91 Å². The molecule has 96 valence electrons. The van der Waals surface area contributed by atoms with Gasteiger partial charge in [-0.25, -0.2) is 0 Å². The molecular weight excluding hydrogens is 296 g/mol. The topological polar surface area (TPSA) is 66.4 Å². The first-order valence-corrected chi connectivity index (χ1v) is 6.58. The number of rotatable bonds is 3. The van der Waals surface area contributed by atoms with Gasteiger partial charge in [0, 0.05) is 29.0 Å². The fourth-order valence-corrected chi connectivity index (χ4v) is 1.99. The highest BCUT2D eigenvalue weighted by atomic mass is 79.9. The summed E-state index contributed by atoms with van der Waals surface area (Å²) in [6.45, 7) is 4.85. The molecule has 0 aliphatic carbocycles. The number of pyridine rings is 1. The van der Waals surface area contributed by atoms with E-state index >= 15 is 0 Å². The Balaban J connectivity index is 2.12. The van der Waals surface area contributed by atoms with Gasteiger partial charge in [0.15, 0.2) is 5.96 Å². The predicted octanol–water partition coefficient (Wildman–Crippen LogP) is 1.62. The molecule has 1 aliphatic rings. The fraction of sp³-hybridized carbons (Fsp3) is 0.417. The molecule has 2 rings (SSSR count). The molecular formula is C12H15BrN4O. The van der Waals surface area contributed by atoms with Crippen molar-refractivity contribution in [2.45, 2.75) is 19.9 Å². The summed E-state index contributed by atoms with van der Waals surface area (Å²) in [5.74, 6) is 0.902. The SMILES string of the molecule is CC(C)CN=C1NC(=O)C(c2cncc(Br)c2)N1. The molecule has 2 heterocycles. The number of aromatic nitrogens is 1. The standard InChI is InChI=1S/C12H15BrN4O/c1-7(2)4-15-12-16-10(11(18)17-12)8-3-9(13)6-14-5-8/h3,5-7,10H,4H2,1-2H3,(H2,15,16,17,18). The van der Waals surface area contributed by atoms with Gasteiger partial charge in [-0.2, -0.15) is 0 Å². The lowest BCUT2D eigenvalue weighted by Gasteiger charge is -2.07. The van der Waals surface area contributed by atoms with Gasteiger partial charge in [-0.1, -0.05) is 13.8 Å². The van der Waals surface area contributed by atoms with E-state index in [0.717, 1.165) is 10.0 Å². The number of hydrogen-bond acceptors (Lipinski definition) is 3. The first kappa shape index (κ1) is 13.0. The molecule has 1 unspecified atom stereocenters. The number of hydrogen-bond donors (Lipinski definition) is 2. The van der Waals surface area contributed by atoms with Crippen molar-refractivity contribution in [3.8, 4) is 0 Å². The molecule has 1 fully saturated rings. The number of halogens is 1. The largest absolute Gasteiger partial charge is 0.340 e. The molecule has 0 saturated carbocycles. The van der Waals surface area contributed by atoms with Crippen molar-refractivity contribution in [3.63, 3.8) is 0 Å². The van der Waals surface area contributed by atoms with E-state index in [0.29, 0.717) is 18.4 Å². The van der Waals surface area contributed by atoms with E-state index in [-0.39, 0.29) is 5.91 Å². The molecule has 1 aromatic rings. The van der Waals surface area contributed by atoms with Gasteiger partial charge >= 0.3 is 0 Å². The maximum atomic E-state index is 11.8. The van der Waals surface area contributed by atoms with E-state index in [1.165, 1.54) is 0 Å². The average molecular weight is 311 g/mol. The normalized spacial score (nSPS) is 21.2. The number of carbonyl (C=O) groups excluding carboxylic acids is 1. The molecule has 18 heavy (non-hydrogen) atoms. The van der Waals surface area contributed by atoms with Crippen LogP contribution in [0.5, 0.6) is 0 Å². The van der Waals surface area contributed by atoms with Gasteiger partial charge in [-0.3, -0.25) is 20.1 Å². The Hall–Kier alpha value is -1.43. The maximum Gasteiger partial charge on any atom is 0.253 e. The van der Waals surface area contributed by atoms with Crippen LogP contribution in [0.15, 0.2) is 27.9 Å². The lowest BCUT2D eigenvalue weighted by Crippen LogP contribution is -2.26.